The Morgan fingerprint density at radius 1 is 1.17 bits per heavy atom. The lowest BCUT2D eigenvalue weighted by Crippen LogP contribution is -2.55. The molecule has 2 heteroatoms. The first kappa shape index (κ1) is 8.52. The lowest BCUT2D eigenvalue weighted by Gasteiger charge is -2.44. The van der Waals surface area contributed by atoms with E-state index < -0.39 is 0 Å². The summed E-state index contributed by atoms with van der Waals surface area (Å²) in [6, 6.07) is 0. The smallest absolute Gasteiger partial charge is 0.105 e. The molecule has 1 atom stereocenters. The molecular formula is C10H19NO. The van der Waals surface area contributed by atoms with Crippen LogP contribution in [0.2, 0.25) is 0 Å². The molecule has 0 aromatic rings. The third-order valence-electron chi connectivity index (χ3n) is 3.27. The van der Waals surface area contributed by atoms with Crippen molar-refractivity contribution in [3.8, 4) is 0 Å². The highest BCUT2D eigenvalue weighted by atomic mass is 16.5. The summed E-state index contributed by atoms with van der Waals surface area (Å²) in [5.41, 5.74) is 0.454. The summed E-state index contributed by atoms with van der Waals surface area (Å²) in [5, 5.41) is 3.61. The highest BCUT2D eigenvalue weighted by Crippen LogP contribution is 2.33. The molecule has 1 saturated heterocycles. The van der Waals surface area contributed by atoms with Crippen LogP contribution in [0.1, 0.15) is 45.4 Å². The second-order valence-electron chi connectivity index (χ2n) is 4.25. The van der Waals surface area contributed by atoms with E-state index in [-0.39, 0.29) is 6.23 Å². The van der Waals surface area contributed by atoms with E-state index in [4.69, 9.17) is 4.74 Å². The molecule has 2 fully saturated rings. The number of hydrogen-bond donors (Lipinski definition) is 1. The maximum absolute atomic E-state index is 5.49. The quantitative estimate of drug-likeness (QED) is 0.599. The molecular weight excluding hydrogens is 150 g/mol. The van der Waals surface area contributed by atoms with Crippen LogP contribution in [0.25, 0.3) is 0 Å². The van der Waals surface area contributed by atoms with E-state index in [2.05, 4.69) is 12.2 Å². The van der Waals surface area contributed by atoms with Gasteiger partial charge in [0.15, 0.2) is 0 Å². The Balaban J connectivity index is 1.97. The van der Waals surface area contributed by atoms with Gasteiger partial charge >= 0.3 is 0 Å². The predicted molar refractivity (Wildman–Crippen MR) is 49.0 cm³/mol. The Kier molecular flexibility index (Phi) is 2.37. The van der Waals surface area contributed by atoms with E-state index in [0.29, 0.717) is 5.54 Å². The number of hydrogen-bond acceptors (Lipinski definition) is 2. The van der Waals surface area contributed by atoms with Gasteiger partial charge in [-0.3, -0.25) is 5.32 Å². The van der Waals surface area contributed by atoms with E-state index in [9.17, 15) is 0 Å². The number of rotatable bonds is 0. The highest BCUT2D eigenvalue weighted by molar-refractivity contribution is 4.92. The van der Waals surface area contributed by atoms with Gasteiger partial charge in [0.2, 0.25) is 0 Å². The van der Waals surface area contributed by atoms with Crippen molar-refractivity contribution in [3.63, 3.8) is 0 Å². The molecule has 1 aliphatic heterocycles. The topological polar surface area (TPSA) is 21.3 Å². The Morgan fingerprint density at radius 3 is 2.58 bits per heavy atom. The molecule has 1 saturated carbocycles. The fraction of sp³-hybridized carbons (Fsp3) is 1.00. The fourth-order valence-electron chi connectivity index (χ4n) is 2.60. The van der Waals surface area contributed by atoms with Crippen molar-refractivity contribution in [1.82, 2.24) is 5.32 Å². The van der Waals surface area contributed by atoms with Gasteiger partial charge < -0.3 is 4.74 Å². The normalized spacial score (nSPS) is 35.2. The van der Waals surface area contributed by atoms with Crippen molar-refractivity contribution in [2.45, 2.75) is 57.2 Å². The summed E-state index contributed by atoms with van der Waals surface area (Å²) < 4.78 is 5.49. The van der Waals surface area contributed by atoms with Gasteiger partial charge in [-0.05, 0) is 26.2 Å². The van der Waals surface area contributed by atoms with E-state index in [0.717, 1.165) is 6.61 Å². The lowest BCUT2D eigenvalue weighted by molar-refractivity contribution is -0.0481. The molecule has 1 heterocycles. The van der Waals surface area contributed by atoms with E-state index >= 15 is 0 Å². The first-order chi connectivity index (χ1) is 5.81. The molecule has 12 heavy (non-hydrogen) atoms. The van der Waals surface area contributed by atoms with E-state index in [1.54, 1.807) is 0 Å². The van der Waals surface area contributed by atoms with Crippen LogP contribution < -0.4 is 5.32 Å². The summed E-state index contributed by atoms with van der Waals surface area (Å²) in [6.45, 7) is 3.07. The summed E-state index contributed by atoms with van der Waals surface area (Å²) in [7, 11) is 0. The van der Waals surface area contributed by atoms with Gasteiger partial charge in [-0.15, -0.1) is 0 Å². The van der Waals surface area contributed by atoms with Gasteiger partial charge in [0.1, 0.15) is 6.23 Å². The predicted octanol–water partition coefficient (Wildman–Crippen LogP) is 2.05. The zero-order chi connectivity index (χ0) is 8.44. The average Bonchev–Trinajstić information content (AvgIpc) is 2.05. The second-order valence-corrected chi connectivity index (χ2v) is 4.25. The first-order valence-electron chi connectivity index (χ1n) is 5.20. The molecule has 2 aliphatic rings. The van der Waals surface area contributed by atoms with Gasteiger partial charge in [0.05, 0.1) is 6.61 Å². The average molecular weight is 169 g/mol. The summed E-state index contributed by atoms with van der Waals surface area (Å²) in [5.74, 6) is 0. The van der Waals surface area contributed by atoms with Crippen molar-refractivity contribution >= 4 is 0 Å². The summed E-state index contributed by atoms with van der Waals surface area (Å²) in [4.78, 5) is 0. The molecule has 1 N–H and O–H groups in total. The molecule has 70 valence electrons. The molecule has 0 bridgehead atoms. The van der Waals surface area contributed by atoms with Crippen LogP contribution in [0, 0.1) is 0 Å². The lowest BCUT2D eigenvalue weighted by atomic mass is 9.79. The monoisotopic (exact) mass is 169 g/mol. The van der Waals surface area contributed by atoms with E-state index in [1.165, 1.54) is 38.5 Å². The van der Waals surface area contributed by atoms with Crippen LogP contribution in [-0.2, 0) is 4.74 Å². The Bertz CT molecular complexity index is 146. The van der Waals surface area contributed by atoms with Crippen molar-refractivity contribution < 1.29 is 4.74 Å². The Morgan fingerprint density at radius 2 is 1.92 bits per heavy atom. The van der Waals surface area contributed by atoms with Crippen molar-refractivity contribution in [2.75, 3.05) is 6.61 Å². The fourth-order valence-corrected chi connectivity index (χ4v) is 2.60. The summed E-state index contributed by atoms with van der Waals surface area (Å²) in [6.07, 6.45) is 8.45. The Labute approximate surface area is 74.7 Å². The number of ether oxygens (including phenoxy) is 1. The minimum absolute atomic E-state index is 0.275. The van der Waals surface area contributed by atoms with Crippen molar-refractivity contribution in [3.05, 3.63) is 0 Å². The van der Waals surface area contributed by atoms with Crippen molar-refractivity contribution in [1.29, 1.82) is 0 Å². The van der Waals surface area contributed by atoms with Gasteiger partial charge in [-0.1, -0.05) is 19.3 Å². The largest absolute Gasteiger partial charge is 0.364 e. The van der Waals surface area contributed by atoms with E-state index in [1.807, 2.05) is 0 Å². The highest BCUT2D eigenvalue weighted by Gasteiger charge is 2.35. The second kappa shape index (κ2) is 3.35. The zero-order valence-electron chi connectivity index (χ0n) is 7.94. The minimum Gasteiger partial charge on any atom is -0.364 e. The number of nitrogens with one attached hydrogen (secondary N) is 1. The van der Waals surface area contributed by atoms with Crippen LogP contribution in [0.3, 0.4) is 0 Å². The van der Waals surface area contributed by atoms with Gasteiger partial charge in [-0.2, -0.15) is 0 Å². The van der Waals surface area contributed by atoms with Crippen LogP contribution in [-0.4, -0.2) is 18.4 Å². The third-order valence-corrected chi connectivity index (χ3v) is 3.27. The van der Waals surface area contributed by atoms with Gasteiger partial charge in [-0.25, -0.2) is 0 Å². The Hall–Kier alpha value is -0.0800. The van der Waals surface area contributed by atoms with Crippen molar-refractivity contribution in [2.24, 2.45) is 0 Å². The summed E-state index contributed by atoms with van der Waals surface area (Å²) >= 11 is 0. The first-order valence-corrected chi connectivity index (χ1v) is 5.20. The van der Waals surface area contributed by atoms with Crippen LogP contribution >= 0.6 is 0 Å². The van der Waals surface area contributed by atoms with Crippen LogP contribution in [0.15, 0.2) is 0 Å². The van der Waals surface area contributed by atoms with Crippen LogP contribution in [0.4, 0.5) is 0 Å². The molecule has 0 aromatic heterocycles. The maximum atomic E-state index is 5.49. The molecule has 0 amide bonds. The molecule has 2 nitrogen and oxygen atoms in total. The molecule has 1 unspecified atom stereocenters. The molecule has 0 radical (unpaired) electrons. The molecule has 2 rings (SSSR count). The van der Waals surface area contributed by atoms with Gasteiger partial charge in [0.25, 0.3) is 0 Å². The maximum Gasteiger partial charge on any atom is 0.105 e. The van der Waals surface area contributed by atoms with Crippen LogP contribution in [0.5, 0.6) is 0 Å². The zero-order valence-corrected chi connectivity index (χ0v) is 7.94. The third kappa shape index (κ3) is 1.64. The molecule has 0 aromatic carbocycles. The minimum atomic E-state index is 0.275. The SMILES string of the molecule is CC1NC2(CCCCC2)CCO1. The molecule has 1 spiro atoms. The standard InChI is InChI=1S/C10H19NO/c1-9-11-10(7-8-12-9)5-3-2-4-6-10/h9,11H,2-8H2,1H3. The molecule has 1 aliphatic carbocycles. The van der Waals surface area contributed by atoms with Gasteiger partial charge in [0, 0.05) is 5.54 Å².